The van der Waals surface area contributed by atoms with E-state index in [1.165, 1.54) is 13.2 Å². The molecule has 0 fully saturated rings. The van der Waals surface area contributed by atoms with E-state index in [1.807, 2.05) is 0 Å². The van der Waals surface area contributed by atoms with Crippen LogP contribution >= 0.6 is 27.3 Å². The minimum Gasteiger partial charge on any atom is -0.468 e. The van der Waals surface area contributed by atoms with Crippen molar-refractivity contribution in [3.63, 3.8) is 0 Å². The van der Waals surface area contributed by atoms with Crippen molar-refractivity contribution in [1.82, 2.24) is 0 Å². The maximum atomic E-state index is 12.7. The Morgan fingerprint density at radius 3 is 2.57 bits per heavy atom. The normalized spacial score (nSPS) is 11.1. The number of nitrogens with zero attached hydrogens (tertiary/aromatic N) is 1. The molecule has 0 atom stereocenters. The van der Waals surface area contributed by atoms with E-state index >= 15 is 0 Å². The molecule has 0 radical (unpaired) electrons. The largest absolute Gasteiger partial charge is 0.468 e. The van der Waals surface area contributed by atoms with E-state index in [4.69, 9.17) is 0 Å². The minimum atomic E-state index is -3.82. The first-order chi connectivity index (χ1) is 9.96. The maximum Gasteiger partial charge on any atom is 0.326 e. The Kier molecular flexibility index (Phi) is 5.02. The third-order valence-corrected chi connectivity index (χ3v) is 6.46. The molecular weight excluding hydrogens is 378 g/mol. The molecule has 2 rings (SSSR count). The predicted octanol–water partition coefficient (Wildman–Crippen LogP) is 2.88. The Morgan fingerprint density at radius 2 is 2.00 bits per heavy atom. The smallest absolute Gasteiger partial charge is 0.326 e. The molecule has 1 aromatic carbocycles. The van der Waals surface area contributed by atoms with Gasteiger partial charge in [-0.05, 0) is 39.5 Å². The number of anilines is 1. The Bertz CT molecular complexity index is 728. The van der Waals surface area contributed by atoms with Crippen LogP contribution in [0.5, 0.6) is 0 Å². The fourth-order valence-electron chi connectivity index (χ4n) is 1.65. The lowest BCUT2D eigenvalue weighted by atomic mass is 10.3. The molecule has 0 unspecified atom stereocenters. The summed E-state index contributed by atoms with van der Waals surface area (Å²) in [6, 6.07) is 9.95. The molecule has 0 aliphatic carbocycles. The van der Waals surface area contributed by atoms with Crippen molar-refractivity contribution in [2.24, 2.45) is 0 Å². The molecule has 112 valence electrons. The number of hydrogen-bond acceptors (Lipinski definition) is 5. The molecule has 2 aromatic rings. The first-order valence-electron chi connectivity index (χ1n) is 5.84. The van der Waals surface area contributed by atoms with Gasteiger partial charge in [-0.15, -0.1) is 11.3 Å². The number of carbonyl (C=O) groups excluding carboxylic acids is 1. The number of benzene rings is 1. The van der Waals surface area contributed by atoms with Gasteiger partial charge in [-0.25, -0.2) is 8.42 Å². The maximum absolute atomic E-state index is 12.7. The average molecular weight is 390 g/mol. The topological polar surface area (TPSA) is 63.7 Å². The van der Waals surface area contributed by atoms with Gasteiger partial charge in [-0.1, -0.05) is 18.2 Å². The summed E-state index contributed by atoms with van der Waals surface area (Å²) in [5, 5.41) is 1.67. The second kappa shape index (κ2) is 6.59. The van der Waals surface area contributed by atoms with Crippen LogP contribution in [0.25, 0.3) is 0 Å². The van der Waals surface area contributed by atoms with Gasteiger partial charge in [-0.2, -0.15) is 0 Å². The SMILES string of the molecule is COC(=O)CN(c1ccccc1Br)S(=O)(=O)c1cccs1. The summed E-state index contributed by atoms with van der Waals surface area (Å²) in [5.41, 5.74) is 0.385. The van der Waals surface area contributed by atoms with Crippen molar-refractivity contribution in [1.29, 1.82) is 0 Å². The number of sulfonamides is 1. The van der Waals surface area contributed by atoms with E-state index in [2.05, 4.69) is 20.7 Å². The van der Waals surface area contributed by atoms with Crippen molar-refractivity contribution in [2.75, 3.05) is 18.0 Å². The molecule has 0 spiro atoms. The molecule has 0 saturated carbocycles. The Labute approximate surface area is 135 Å². The summed E-state index contributed by atoms with van der Waals surface area (Å²) >= 11 is 4.41. The number of para-hydroxylation sites is 1. The highest BCUT2D eigenvalue weighted by Gasteiger charge is 2.29. The number of carbonyl (C=O) groups is 1. The van der Waals surface area contributed by atoms with Gasteiger partial charge in [0, 0.05) is 4.47 Å². The van der Waals surface area contributed by atoms with Crippen LogP contribution in [-0.4, -0.2) is 28.0 Å². The van der Waals surface area contributed by atoms with Crippen LogP contribution in [0.15, 0.2) is 50.5 Å². The third kappa shape index (κ3) is 3.45. The van der Waals surface area contributed by atoms with Gasteiger partial charge in [0.15, 0.2) is 0 Å². The highest BCUT2D eigenvalue weighted by molar-refractivity contribution is 9.10. The van der Waals surface area contributed by atoms with Crippen molar-refractivity contribution in [3.8, 4) is 0 Å². The zero-order valence-corrected chi connectivity index (χ0v) is 14.2. The number of methoxy groups -OCH3 is 1. The number of ether oxygens (including phenoxy) is 1. The fourth-order valence-corrected chi connectivity index (χ4v) is 4.80. The van der Waals surface area contributed by atoms with Crippen LogP contribution in [-0.2, 0) is 19.6 Å². The van der Waals surface area contributed by atoms with Crippen molar-refractivity contribution in [3.05, 3.63) is 46.3 Å². The zero-order chi connectivity index (χ0) is 15.5. The van der Waals surface area contributed by atoms with Crippen LogP contribution in [0.4, 0.5) is 5.69 Å². The number of esters is 1. The highest BCUT2D eigenvalue weighted by atomic mass is 79.9. The van der Waals surface area contributed by atoms with E-state index < -0.39 is 16.0 Å². The lowest BCUT2D eigenvalue weighted by molar-refractivity contribution is -0.138. The fraction of sp³-hybridized carbons (Fsp3) is 0.154. The van der Waals surface area contributed by atoms with Gasteiger partial charge >= 0.3 is 5.97 Å². The molecule has 5 nitrogen and oxygen atoms in total. The van der Waals surface area contributed by atoms with Gasteiger partial charge in [0.25, 0.3) is 10.0 Å². The van der Waals surface area contributed by atoms with E-state index in [1.54, 1.807) is 35.7 Å². The van der Waals surface area contributed by atoms with Crippen molar-refractivity contribution in [2.45, 2.75) is 4.21 Å². The number of thiophene rings is 1. The molecular formula is C13H12BrNO4S2. The van der Waals surface area contributed by atoms with Gasteiger partial charge in [0.05, 0.1) is 12.8 Å². The molecule has 0 aliphatic rings. The first kappa shape index (κ1) is 16.0. The molecule has 0 saturated heterocycles. The molecule has 1 aromatic heterocycles. The van der Waals surface area contributed by atoms with Crippen LogP contribution in [0, 0.1) is 0 Å². The van der Waals surface area contributed by atoms with Crippen LogP contribution < -0.4 is 4.31 Å². The van der Waals surface area contributed by atoms with Gasteiger partial charge in [-0.3, -0.25) is 9.10 Å². The predicted molar refractivity (Wildman–Crippen MR) is 85.0 cm³/mol. The second-order valence-corrected chi connectivity index (χ2v) is 7.86. The van der Waals surface area contributed by atoms with E-state index in [-0.39, 0.29) is 10.8 Å². The third-order valence-electron chi connectivity index (χ3n) is 2.66. The Hall–Kier alpha value is -1.38. The van der Waals surface area contributed by atoms with Crippen LogP contribution in [0.1, 0.15) is 0 Å². The summed E-state index contributed by atoms with van der Waals surface area (Å²) in [7, 11) is -2.60. The van der Waals surface area contributed by atoms with Gasteiger partial charge < -0.3 is 4.74 Å². The first-order valence-corrected chi connectivity index (χ1v) is 8.95. The lowest BCUT2D eigenvalue weighted by Crippen LogP contribution is -2.36. The lowest BCUT2D eigenvalue weighted by Gasteiger charge is -2.23. The second-order valence-electron chi connectivity index (χ2n) is 3.97. The molecule has 0 aliphatic heterocycles. The summed E-state index contributed by atoms with van der Waals surface area (Å²) in [6.45, 7) is -0.390. The summed E-state index contributed by atoms with van der Waals surface area (Å²) in [4.78, 5) is 11.6. The summed E-state index contributed by atoms with van der Waals surface area (Å²) in [5.74, 6) is -0.633. The molecule has 0 bridgehead atoms. The van der Waals surface area contributed by atoms with Crippen LogP contribution in [0.3, 0.4) is 0 Å². The van der Waals surface area contributed by atoms with E-state index in [0.717, 1.165) is 15.6 Å². The highest BCUT2D eigenvalue weighted by Crippen LogP contribution is 2.31. The number of rotatable bonds is 5. The standard InChI is InChI=1S/C13H12BrNO4S2/c1-19-12(16)9-15(11-6-3-2-5-10(11)14)21(17,18)13-7-4-8-20-13/h2-8H,9H2,1H3. The Balaban J connectivity index is 2.52. The van der Waals surface area contributed by atoms with E-state index in [0.29, 0.717) is 10.2 Å². The molecule has 0 N–H and O–H groups in total. The van der Waals surface area contributed by atoms with E-state index in [9.17, 15) is 13.2 Å². The van der Waals surface area contributed by atoms with Crippen molar-refractivity contribution >= 4 is 48.9 Å². The summed E-state index contributed by atoms with van der Waals surface area (Å²) in [6.07, 6.45) is 0. The quantitative estimate of drug-likeness (QED) is 0.737. The number of halogens is 1. The monoisotopic (exact) mass is 389 g/mol. The summed E-state index contributed by atoms with van der Waals surface area (Å²) < 4.78 is 31.8. The molecule has 8 heteroatoms. The van der Waals surface area contributed by atoms with Gasteiger partial charge in [0.2, 0.25) is 0 Å². The average Bonchev–Trinajstić information content (AvgIpc) is 3.00. The minimum absolute atomic E-state index is 0.169. The van der Waals surface area contributed by atoms with Crippen molar-refractivity contribution < 1.29 is 17.9 Å². The zero-order valence-electron chi connectivity index (χ0n) is 11.0. The van der Waals surface area contributed by atoms with Gasteiger partial charge in [0.1, 0.15) is 10.8 Å². The molecule has 0 amide bonds. The Morgan fingerprint density at radius 1 is 1.29 bits per heavy atom. The number of hydrogen-bond donors (Lipinski definition) is 0. The molecule has 21 heavy (non-hydrogen) atoms. The molecule has 1 heterocycles. The van der Waals surface area contributed by atoms with Crippen LogP contribution in [0.2, 0.25) is 0 Å².